The van der Waals surface area contributed by atoms with E-state index < -0.39 is 6.09 Å². The molecule has 2 aromatic carbocycles. The van der Waals surface area contributed by atoms with Crippen LogP contribution in [0.5, 0.6) is 5.75 Å². The zero-order valence-electron chi connectivity index (χ0n) is 15.0. The Hall–Kier alpha value is -3.02. The van der Waals surface area contributed by atoms with Crippen molar-refractivity contribution in [1.82, 2.24) is 5.32 Å². The van der Waals surface area contributed by atoms with Crippen molar-refractivity contribution in [3.8, 4) is 5.75 Å². The molecule has 138 valence electrons. The van der Waals surface area contributed by atoms with Crippen LogP contribution < -0.4 is 10.1 Å². The molecule has 26 heavy (non-hydrogen) atoms. The third-order valence-electron chi connectivity index (χ3n) is 3.74. The molecular formula is C20H23NO5. The van der Waals surface area contributed by atoms with Gasteiger partial charge in [-0.1, -0.05) is 36.4 Å². The van der Waals surface area contributed by atoms with E-state index in [9.17, 15) is 9.59 Å². The standard InChI is InChI=1S/C20H23NO5/c1-15-8-9-18(12-17(15)13-19(22)24-2)25-11-10-21-20(23)26-14-16-6-4-3-5-7-16/h3-9,12H,10-11,13-14H2,1-2H3,(H,21,23). The van der Waals surface area contributed by atoms with E-state index in [0.717, 1.165) is 16.7 Å². The Morgan fingerprint density at radius 1 is 1.08 bits per heavy atom. The van der Waals surface area contributed by atoms with Gasteiger partial charge >= 0.3 is 12.1 Å². The molecule has 0 aliphatic carbocycles. The lowest BCUT2D eigenvalue weighted by Crippen LogP contribution is -2.28. The topological polar surface area (TPSA) is 73.9 Å². The van der Waals surface area contributed by atoms with Crippen LogP contribution in [0.25, 0.3) is 0 Å². The molecule has 1 N–H and O–H groups in total. The van der Waals surface area contributed by atoms with Crippen LogP contribution in [0.4, 0.5) is 4.79 Å². The van der Waals surface area contributed by atoms with Crippen LogP contribution in [0.2, 0.25) is 0 Å². The molecule has 0 bridgehead atoms. The van der Waals surface area contributed by atoms with Crippen molar-refractivity contribution >= 4 is 12.1 Å². The Kier molecular flexibility index (Phi) is 7.49. The molecule has 6 nitrogen and oxygen atoms in total. The average Bonchev–Trinajstić information content (AvgIpc) is 2.66. The molecule has 1 amide bonds. The lowest BCUT2D eigenvalue weighted by Gasteiger charge is -2.11. The summed E-state index contributed by atoms with van der Waals surface area (Å²) in [6, 6.07) is 15.0. The highest BCUT2D eigenvalue weighted by Gasteiger charge is 2.08. The van der Waals surface area contributed by atoms with Crippen LogP contribution in [0.15, 0.2) is 48.5 Å². The van der Waals surface area contributed by atoms with Crippen molar-refractivity contribution in [1.29, 1.82) is 0 Å². The van der Waals surface area contributed by atoms with E-state index in [1.165, 1.54) is 7.11 Å². The van der Waals surface area contributed by atoms with Crippen molar-refractivity contribution in [2.75, 3.05) is 20.3 Å². The maximum atomic E-state index is 11.6. The van der Waals surface area contributed by atoms with Gasteiger partial charge in [0.15, 0.2) is 0 Å². The maximum Gasteiger partial charge on any atom is 0.407 e. The molecule has 0 heterocycles. The molecule has 0 aromatic heterocycles. The summed E-state index contributed by atoms with van der Waals surface area (Å²) in [5, 5.41) is 2.63. The molecule has 0 fully saturated rings. The predicted molar refractivity (Wildman–Crippen MR) is 97.0 cm³/mol. The molecule has 2 rings (SSSR count). The highest BCUT2D eigenvalue weighted by atomic mass is 16.5. The van der Waals surface area contributed by atoms with Gasteiger partial charge in [0.1, 0.15) is 19.0 Å². The van der Waals surface area contributed by atoms with Crippen LogP contribution in [-0.2, 0) is 27.3 Å². The lowest BCUT2D eigenvalue weighted by atomic mass is 10.1. The zero-order chi connectivity index (χ0) is 18.8. The quantitative estimate of drug-likeness (QED) is 0.581. The molecule has 2 aromatic rings. The first kappa shape index (κ1) is 19.3. The Morgan fingerprint density at radius 2 is 1.85 bits per heavy atom. The van der Waals surface area contributed by atoms with Crippen molar-refractivity contribution in [2.24, 2.45) is 0 Å². The second kappa shape index (κ2) is 10.1. The van der Waals surface area contributed by atoms with Crippen LogP contribution in [0.3, 0.4) is 0 Å². The van der Waals surface area contributed by atoms with Gasteiger partial charge in [-0.3, -0.25) is 4.79 Å². The number of ether oxygens (including phenoxy) is 3. The van der Waals surface area contributed by atoms with Crippen molar-refractivity contribution in [2.45, 2.75) is 20.0 Å². The molecule has 0 aliphatic rings. The third-order valence-corrected chi connectivity index (χ3v) is 3.74. The molecule has 0 aliphatic heterocycles. The Balaban J connectivity index is 1.71. The molecule has 0 saturated heterocycles. The number of nitrogens with one attached hydrogen (secondary N) is 1. The second-order valence-electron chi connectivity index (χ2n) is 5.68. The van der Waals surface area contributed by atoms with Crippen molar-refractivity contribution in [3.05, 3.63) is 65.2 Å². The predicted octanol–water partition coefficient (Wildman–Crippen LogP) is 3.02. The number of rotatable bonds is 8. The van der Waals surface area contributed by atoms with Crippen LogP contribution in [0.1, 0.15) is 16.7 Å². The van der Waals surface area contributed by atoms with Crippen molar-refractivity contribution in [3.63, 3.8) is 0 Å². The zero-order valence-corrected chi connectivity index (χ0v) is 15.0. The number of methoxy groups -OCH3 is 1. The lowest BCUT2D eigenvalue weighted by molar-refractivity contribution is -0.139. The third kappa shape index (κ3) is 6.47. The largest absolute Gasteiger partial charge is 0.492 e. The van der Waals surface area contributed by atoms with Crippen LogP contribution in [0, 0.1) is 6.92 Å². The molecule has 0 unspecified atom stereocenters. The summed E-state index contributed by atoms with van der Waals surface area (Å²) >= 11 is 0. The summed E-state index contributed by atoms with van der Waals surface area (Å²) in [6.07, 6.45) is -0.295. The summed E-state index contributed by atoms with van der Waals surface area (Å²) in [6.45, 7) is 2.75. The first-order valence-corrected chi connectivity index (χ1v) is 8.32. The fourth-order valence-electron chi connectivity index (χ4n) is 2.25. The number of aryl methyl sites for hydroxylation is 1. The molecule has 0 spiro atoms. The van der Waals surface area contributed by atoms with Gasteiger partial charge in [-0.2, -0.15) is 0 Å². The summed E-state index contributed by atoms with van der Waals surface area (Å²) in [7, 11) is 1.36. The number of esters is 1. The molecule has 6 heteroatoms. The minimum Gasteiger partial charge on any atom is -0.492 e. The number of amides is 1. The fraction of sp³-hybridized carbons (Fsp3) is 0.300. The van der Waals surface area contributed by atoms with Gasteiger partial charge in [0, 0.05) is 0 Å². The first-order chi connectivity index (χ1) is 12.6. The first-order valence-electron chi connectivity index (χ1n) is 8.32. The number of carbonyl (C=O) groups excluding carboxylic acids is 2. The minimum atomic E-state index is -0.493. The normalized spacial score (nSPS) is 10.1. The van der Waals surface area contributed by atoms with Gasteiger partial charge in [-0.15, -0.1) is 0 Å². The number of benzene rings is 2. The van der Waals surface area contributed by atoms with E-state index in [4.69, 9.17) is 9.47 Å². The highest BCUT2D eigenvalue weighted by molar-refractivity contribution is 5.73. The summed E-state index contributed by atoms with van der Waals surface area (Å²) in [4.78, 5) is 23.1. The number of hydrogen-bond acceptors (Lipinski definition) is 5. The smallest absolute Gasteiger partial charge is 0.407 e. The Labute approximate surface area is 153 Å². The van der Waals surface area contributed by atoms with Gasteiger partial charge in [0.2, 0.25) is 0 Å². The van der Waals surface area contributed by atoms with Gasteiger partial charge in [-0.05, 0) is 35.7 Å². The second-order valence-corrected chi connectivity index (χ2v) is 5.68. The molecule has 0 radical (unpaired) electrons. The van der Waals surface area contributed by atoms with E-state index in [1.807, 2.05) is 49.4 Å². The summed E-state index contributed by atoms with van der Waals surface area (Å²) in [5.41, 5.74) is 2.77. The number of carbonyl (C=O) groups is 2. The fourth-order valence-corrected chi connectivity index (χ4v) is 2.25. The Bertz CT molecular complexity index is 730. The average molecular weight is 357 g/mol. The number of hydrogen-bond donors (Lipinski definition) is 1. The van der Waals surface area contributed by atoms with Gasteiger partial charge in [0.05, 0.1) is 20.1 Å². The van der Waals surface area contributed by atoms with Gasteiger partial charge in [-0.25, -0.2) is 4.79 Å². The van der Waals surface area contributed by atoms with E-state index in [1.54, 1.807) is 6.07 Å². The maximum absolute atomic E-state index is 11.6. The van der Waals surface area contributed by atoms with E-state index in [0.29, 0.717) is 18.9 Å². The number of alkyl carbamates (subject to hydrolysis) is 1. The Morgan fingerprint density at radius 3 is 2.58 bits per heavy atom. The summed E-state index contributed by atoms with van der Waals surface area (Å²) < 4.78 is 15.4. The molecule has 0 atom stereocenters. The molecule has 0 saturated carbocycles. The molecular weight excluding hydrogens is 334 g/mol. The summed E-state index contributed by atoms with van der Waals surface area (Å²) in [5.74, 6) is 0.335. The SMILES string of the molecule is COC(=O)Cc1cc(OCCNC(=O)OCc2ccccc2)ccc1C. The van der Waals surface area contributed by atoms with E-state index in [2.05, 4.69) is 10.1 Å². The van der Waals surface area contributed by atoms with Gasteiger partial charge in [0.25, 0.3) is 0 Å². The van der Waals surface area contributed by atoms with Gasteiger partial charge < -0.3 is 19.5 Å². The van der Waals surface area contributed by atoms with E-state index in [-0.39, 0.29) is 19.0 Å². The van der Waals surface area contributed by atoms with Crippen LogP contribution >= 0.6 is 0 Å². The highest BCUT2D eigenvalue weighted by Crippen LogP contribution is 2.18. The van der Waals surface area contributed by atoms with Crippen LogP contribution in [-0.4, -0.2) is 32.3 Å². The monoisotopic (exact) mass is 357 g/mol. The minimum absolute atomic E-state index is 0.198. The van der Waals surface area contributed by atoms with E-state index >= 15 is 0 Å². The van der Waals surface area contributed by atoms with Crippen molar-refractivity contribution < 1.29 is 23.8 Å².